The van der Waals surface area contributed by atoms with E-state index in [0.717, 1.165) is 5.75 Å². The second-order valence-electron chi connectivity index (χ2n) is 3.87. The van der Waals surface area contributed by atoms with E-state index < -0.39 is 6.67 Å². The Kier molecular flexibility index (Phi) is 5.86. The Morgan fingerprint density at radius 1 is 1.06 bits per heavy atom. The lowest BCUT2D eigenvalue weighted by Crippen LogP contribution is -2.08. The number of benzene rings is 1. The van der Waals surface area contributed by atoms with Crippen molar-refractivity contribution >= 4 is 0 Å². The topological polar surface area (TPSA) is 18.5 Å². The Morgan fingerprint density at radius 2 is 1.75 bits per heavy atom. The van der Waals surface area contributed by atoms with Crippen molar-refractivity contribution in [2.75, 3.05) is 26.5 Å². The standard InChI is InChI=1S/C13H19FO2/c1-11(2)12-3-5-13(6-4-12)16-10-9-15-8-7-14/h3-6,11H,7-10H2,1-2H3. The van der Waals surface area contributed by atoms with Crippen LogP contribution >= 0.6 is 0 Å². The fraction of sp³-hybridized carbons (Fsp3) is 0.538. The minimum absolute atomic E-state index is 0.148. The third kappa shape index (κ3) is 4.62. The third-order valence-electron chi connectivity index (χ3n) is 2.26. The van der Waals surface area contributed by atoms with Crippen LogP contribution in [0, 0.1) is 0 Å². The Bertz CT molecular complexity index is 282. The molecule has 0 unspecified atom stereocenters. The number of hydrogen-bond donors (Lipinski definition) is 0. The Hall–Kier alpha value is -1.09. The fourth-order valence-electron chi connectivity index (χ4n) is 1.32. The molecule has 0 radical (unpaired) electrons. The first-order valence-corrected chi connectivity index (χ1v) is 5.60. The lowest BCUT2D eigenvalue weighted by Gasteiger charge is -2.08. The molecule has 0 saturated carbocycles. The molecule has 0 aliphatic heterocycles. The highest BCUT2D eigenvalue weighted by Gasteiger charge is 1.99. The Morgan fingerprint density at radius 3 is 2.31 bits per heavy atom. The summed E-state index contributed by atoms with van der Waals surface area (Å²) in [4.78, 5) is 0. The summed E-state index contributed by atoms with van der Waals surface area (Å²) >= 11 is 0. The maximum absolute atomic E-state index is 11.7. The van der Waals surface area contributed by atoms with Gasteiger partial charge in [-0.05, 0) is 23.6 Å². The van der Waals surface area contributed by atoms with Crippen LogP contribution in [0.4, 0.5) is 4.39 Å². The SMILES string of the molecule is CC(C)c1ccc(OCCOCCF)cc1. The van der Waals surface area contributed by atoms with E-state index in [9.17, 15) is 4.39 Å². The van der Waals surface area contributed by atoms with Gasteiger partial charge in [-0.2, -0.15) is 0 Å². The van der Waals surface area contributed by atoms with Crippen LogP contribution in [0.1, 0.15) is 25.3 Å². The average molecular weight is 226 g/mol. The molecule has 2 nitrogen and oxygen atoms in total. The summed E-state index contributed by atoms with van der Waals surface area (Å²) in [5.74, 6) is 1.36. The van der Waals surface area contributed by atoms with Gasteiger partial charge in [0.05, 0.1) is 13.2 Å². The maximum Gasteiger partial charge on any atom is 0.119 e. The van der Waals surface area contributed by atoms with Crippen LogP contribution in [0.5, 0.6) is 5.75 Å². The molecule has 0 bridgehead atoms. The van der Waals surface area contributed by atoms with Gasteiger partial charge in [0.1, 0.15) is 19.0 Å². The molecule has 0 amide bonds. The summed E-state index contributed by atoms with van der Waals surface area (Å²) < 4.78 is 22.1. The summed E-state index contributed by atoms with van der Waals surface area (Å²) in [6.07, 6.45) is 0. The lowest BCUT2D eigenvalue weighted by molar-refractivity contribution is 0.0897. The molecular weight excluding hydrogens is 207 g/mol. The molecule has 3 heteroatoms. The van der Waals surface area contributed by atoms with Gasteiger partial charge < -0.3 is 9.47 Å². The van der Waals surface area contributed by atoms with E-state index in [0.29, 0.717) is 19.1 Å². The first kappa shape index (κ1) is 13.0. The summed E-state index contributed by atoms with van der Waals surface area (Å²) in [7, 11) is 0. The highest BCUT2D eigenvalue weighted by atomic mass is 19.1. The van der Waals surface area contributed by atoms with Gasteiger partial charge in [-0.1, -0.05) is 26.0 Å². The van der Waals surface area contributed by atoms with Crippen molar-refractivity contribution in [2.24, 2.45) is 0 Å². The molecule has 0 spiro atoms. The largest absolute Gasteiger partial charge is 0.491 e. The molecule has 1 aromatic rings. The Labute approximate surface area is 96.4 Å². The van der Waals surface area contributed by atoms with Gasteiger partial charge in [0.25, 0.3) is 0 Å². The predicted molar refractivity (Wildman–Crippen MR) is 62.8 cm³/mol. The summed E-state index contributed by atoms with van der Waals surface area (Å²) in [5, 5.41) is 0. The minimum atomic E-state index is -0.441. The van der Waals surface area contributed by atoms with Crippen LogP contribution in [0.25, 0.3) is 0 Å². The van der Waals surface area contributed by atoms with E-state index in [1.54, 1.807) is 0 Å². The second-order valence-corrected chi connectivity index (χ2v) is 3.87. The van der Waals surface area contributed by atoms with Gasteiger partial charge >= 0.3 is 0 Å². The van der Waals surface area contributed by atoms with E-state index in [-0.39, 0.29) is 6.61 Å². The van der Waals surface area contributed by atoms with E-state index in [4.69, 9.17) is 9.47 Å². The molecule has 90 valence electrons. The van der Waals surface area contributed by atoms with E-state index in [1.165, 1.54) is 5.56 Å². The fourth-order valence-corrected chi connectivity index (χ4v) is 1.32. The summed E-state index contributed by atoms with van der Waals surface area (Å²) in [6, 6.07) is 8.01. The molecule has 0 heterocycles. The predicted octanol–water partition coefficient (Wildman–Crippen LogP) is 3.17. The van der Waals surface area contributed by atoms with Crippen molar-refractivity contribution in [2.45, 2.75) is 19.8 Å². The van der Waals surface area contributed by atoms with Crippen LogP contribution in [0.15, 0.2) is 24.3 Å². The molecule has 16 heavy (non-hydrogen) atoms. The van der Waals surface area contributed by atoms with Gasteiger partial charge in [-0.25, -0.2) is 4.39 Å². The monoisotopic (exact) mass is 226 g/mol. The highest BCUT2D eigenvalue weighted by Crippen LogP contribution is 2.18. The van der Waals surface area contributed by atoms with Gasteiger partial charge in [-0.15, -0.1) is 0 Å². The quantitative estimate of drug-likeness (QED) is 0.665. The van der Waals surface area contributed by atoms with Crippen molar-refractivity contribution in [3.05, 3.63) is 29.8 Å². The second kappa shape index (κ2) is 7.23. The molecule has 0 saturated heterocycles. The zero-order valence-corrected chi connectivity index (χ0v) is 9.91. The molecule has 1 rings (SSSR count). The molecule has 0 N–H and O–H groups in total. The van der Waals surface area contributed by atoms with Gasteiger partial charge in [0, 0.05) is 0 Å². The van der Waals surface area contributed by atoms with E-state index in [1.807, 2.05) is 12.1 Å². The van der Waals surface area contributed by atoms with Crippen LogP contribution in [-0.4, -0.2) is 26.5 Å². The van der Waals surface area contributed by atoms with Crippen molar-refractivity contribution < 1.29 is 13.9 Å². The number of halogens is 1. The van der Waals surface area contributed by atoms with Crippen LogP contribution in [0.3, 0.4) is 0 Å². The Balaban J connectivity index is 2.27. The third-order valence-corrected chi connectivity index (χ3v) is 2.26. The van der Waals surface area contributed by atoms with Crippen molar-refractivity contribution in [1.82, 2.24) is 0 Å². The lowest BCUT2D eigenvalue weighted by atomic mass is 10.0. The van der Waals surface area contributed by atoms with Crippen LogP contribution in [-0.2, 0) is 4.74 Å². The summed E-state index contributed by atoms with van der Waals surface area (Å²) in [5.41, 5.74) is 1.29. The highest BCUT2D eigenvalue weighted by molar-refractivity contribution is 5.28. The van der Waals surface area contributed by atoms with Crippen molar-refractivity contribution in [1.29, 1.82) is 0 Å². The smallest absolute Gasteiger partial charge is 0.119 e. The van der Waals surface area contributed by atoms with Crippen molar-refractivity contribution in [3.63, 3.8) is 0 Å². The van der Waals surface area contributed by atoms with Gasteiger partial charge in [0.15, 0.2) is 0 Å². The zero-order valence-electron chi connectivity index (χ0n) is 9.91. The van der Waals surface area contributed by atoms with Crippen molar-refractivity contribution in [3.8, 4) is 5.75 Å². The summed E-state index contributed by atoms with van der Waals surface area (Å²) in [6.45, 7) is 4.90. The number of ether oxygens (including phenoxy) is 2. The molecule has 1 aromatic carbocycles. The number of rotatable bonds is 7. The van der Waals surface area contributed by atoms with E-state index in [2.05, 4.69) is 26.0 Å². The average Bonchev–Trinajstić information content (AvgIpc) is 2.29. The van der Waals surface area contributed by atoms with Gasteiger partial charge in [0.2, 0.25) is 0 Å². The van der Waals surface area contributed by atoms with Gasteiger partial charge in [-0.3, -0.25) is 0 Å². The first-order valence-electron chi connectivity index (χ1n) is 5.60. The van der Waals surface area contributed by atoms with Crippen LogP contribution < -0.4 is 4.74 Å². The molecule has 0 atom stereocenters. The minimum Gasteiger partial charge on any atom is -0.491 e. The molecule has 0 aliphatic carbocycles. The first-order chi connectivity index (χ1) is 7.74. The normalized spacial score (nSPS) is 10.8. The number of hydrogen-bond acceptors (Lipinski definition) is 2. The number of alkyl halides is 1. The maximum atomic E-state index is 11.7. The molecular formula is C13H19FO2. The van der Waals surface area contributed by atoms with Crippen LogP contribution in [0.2, 0.25) is 0 Å². The molecule has 0 fully saturated rings. The zero-order chi connectivity index (χ0) is 11.8. The molecule has 0 aromatic heterocycles. The van der Waals surface area contributed by atoms with E-state index >= 15 is 0 Å². The molecule has 0 aliphatic rings.